The Morgan fingerprint density at radius 3 is 2.50 bits per heavy atom. The normalized spacial score (nSPS) is 13.8. The van der Waals surface area contributed by atoms with Crippen LogP contribution in [-0.4, -0.2) is 49.0 Å². The number of aliphatic hydroxyl groups is 2. The van der Waals surface area contributed by atoms with Crippen LogP contribution in [0.15, 0.2) is 0 Å². The zero-order valence-corrected chi connectivity index (χ0v) is 9.00. The van der Waals surface area contributed by atoms with Crippen molar-refractivity contribution in [3.05, 3.63) is 0 Å². The molecule has 0 aliphatic carbocycles. The van der Waals surface area contributed by atoms with Crippen molar-refractivity contribution in [2.45, 2.75) is 20.0 Å². The van der Waals surface area contributed by atoms with Crippen molar-refractivity contribution in [3.63, 3.8) is 0 Å². The molecule has 0 spiro atoms. The van der Waals surface area contributed by atoms with E-state index in [0.29, 0.717) is 6.54 Å². The number of hydrogen-bond donors (Lipinski definition) is 4. The maximum Gasteiger partial charge on any atom is 0.226 e. The van der Waals surface area contributed by atoms with E-state index in [0.717, 1.165) is 0 Å². The van der Waals surface area contributed by atoms with Gasteiger partial charge in [0, 0.05) is 20.1 Å². The summed E-state index contributed by atoms with van der Waals surface area (Å²) in [7, 11) is 1.59. The van der Waals surface area contributed by atoms with Gasteiger partial charge in [-0.15, -0.1) is 0 Å². The molecule has 1 atom stereocenters. The molecule has 14 heavy (non-hydrogen) atoms. The second kappa shape index (κ2) is 5.95. The van der Waals surface area contributed by atoms with Crippen LogP contribution in [0.2, 0.25) is 0 Å². The highest BCUT2D eigenvalue weighted by Gasteiger charge is 2.25. The Kier molecular flexibility index (Phi) is 5.68. The molecule has 5 heteroatoms. The molecule has 84 valence electrons. The van der Waals surface area contributed by atoms with Crippen LogP contribution >= 0.6 is 0 Å². The average molecular weight is 204 g/mol. The minimum absolute atomic E-state index is 0.0523. The van der Waals surface area contributed by atoms with Crippen molar-refractivity contribution in [1.82, 2.24) is 10.6 Å². The van der Waals surface area contributed by atoms with Crippen LogP contribution in [0.1, 0.15) is 13.8 Å². The molecule has 4 N–H and O–H groups in total. The summed E-state index contributed by atoms with van der Waals surface area (Å²) in [5.74, 6) is -0.0523. The van der Waals surface area contributed by atoms with E-state index >= 15 is 0 Å². The van der Waals surface area contributed by atoms with Gasteiger partial charge in [0.2, 0.25) is 5.91 Å². The van der Waals surface area contributed by atoms with Gasteiger partial charge >= 0.3 is 0 Å². The lowest BCUT2D eigenvalue weighted by atomic mass is 9.92. The molecule has 0 aromatic rings. The van der Waals surface area contributed by atoms with Crippen molar-refractivity contribution in [1.29, 1.82) is 0 Å². The highest BCUT2D eigenvalue weighted by molar-refractivity contribution is 5.81. The molecule has 0 aromatic carbocycles. The van der Waals surface area contributed by atoms with E-state index in [1.165, 1.54) is 0 Å². The first-order chi connectivity index (χ1) is 6.44. The zero-order valence-electron chi connectivity index (χ0n) is 9.00. The fourth-order valence-corrected chi connectivity index (χ4v) is 1.03. The first-order valence-corrected chi connectivity index (χ1v) is 4.66. The highest BCUT2D eigenvalue weighted by Crippen LogP contribution is 2.12. The van der Waals surface area contributed by atoms with Crippen LogP contribution in [0.5, 0.6) is 0 Å². The number of nitrogens with one attached hydrogen (secondary N) is 2. The first-order valence-electron chi connectivity index (χ1n) is 4.66. The third-order valence-corrected chi connectivity index (χ3v) is 2.00. The third kappa shape index (κ3) is 4.55. The first kappa shape index (κ1) is 13.4. The maximum absolute atomic E-state index is 11.3. The smallest absolute Gasteiger partial charge is 0.226 e. The molecule has 0 saturated carbocycles. The number of amides is 1. The van der Waals surface area contributed by atoms with Crippen molar-refractivity contribution in [2.24, 2.45) is 5.41 Å². The third-order valence-electron chi connectivity index (χ3n) is 2.00. The summed E-state index contributed by atoms with van der Waals surface area (Å²) in [5.41, 5.74) is -0.510. The standard InChI is InChI=1S/C9H20N2O3/c1-9(2,8(14)10-3)6-11-4-7(13)5-12/h7,11-13H,4-6H2,1-3H3,(H,10,14)/t7-/m0/s1. The van der Waals surface area contributed by atoms with E-state index in [2.05, 4.69) is 10.6 Å². The Balaban J connectivity index is 3.82. The van der Waals surface area contributed by atoms with Gasteiger partial charge in [0.15, 0.2) is 0 Å². The molecule has 0 aliphatic heterocycles. The monoisotopic (exact) mass is 204 g/mol. The van der Waals surface area contributed by atoms with Crippen LogP contribution in [-0.2, 0) is 4.79 Å². The van der Waals surface area contributed by atoms with Crippen LogP contribution in [0.25, 0.3) is 0 Å². The Morgan fingerprint density at radius 2 is 2.07 bits per heavy atom. The average Bonchev–Trinajstić information content (AvgIpc) is 2.15. The Morgan fingerprint density at radius 1 is 1.50 bits per heavy atom. The quantitative estimate of drug-likeness (QED) is 0.433. The summed E-state index contributed by atoms with van der Waals surface area (Å²) >= 11 is 0. The fourth-order valence-electron chi connectivity index (χ4n) is 1.03. The molecule has 0 bridgehead atoms. The molecular formula is C9H20N2O3. The fraction of sp³-hybridized carbons (Fsp3) is 0.889. The van der Waals surface area contributed by atoms with Gasteiger partial charge in [-0.25, -0.2) is 0 Å². The minimum Gasteiger partial charge on any atom is -0.394 e. The van der Waals surface area contributed by atoms with Gasteiger partial charge in [-0.05, 0) is 13.8 Å². The molecule has 1 amide bonds. The summed E-state index contributed by atoms with van der Waals surface area (Å²) in [6.45, 7) is 4.10. The van der Waals surface area contributed by atoms with E-state index in [-0.39, 0.29) is 19.1 Å². The molecule has 0 rings (SSSR count). The predicted molar refractivity (Wildman–Crippen MR) is 53.8 cm³/mol. The number of carbonyl (C=O) groups excluding carboxylic acids is 1. The maximum atomic E-state index is 11.3. The van der Waals surface area contributed by atoms with Gasteiger partial charge in [-0.3, -0.25) is 4.79 Å². The molecule has 0 aromatic heterocycles. The van der Waals surface area contributed by atoms with Crippen molar-refractivity contribution < 1.29 is 15.0 Å². The van der Waals surface area contributed by atoms with Gasteiger partial charge in [-0.2, -0.15) is 0 Å². The summed E-state index contributed by atoms with van der Waals surface area (Å²) in [6, 6.07) is 0. The molecule has 0 aliphatic rings. The highest BCUT2D eigenvalue weighted by atomic mass is 16.3. The lowest BCUT2D eigenvalue weighted by Crippen LogP contribution is -2.44. The van der Waals surface area contributed by atoms with E-state index in [1.54, 1.807) is 7.05 Å². The lowest BCUT2D eigenvalue weighted by Gasteiger charge is -2.23. The number of rotatable bonds is 6. The van der Waals surface area contributed by atoms with Crippen LogP contribution in [0.4, 0.5) is 0 Å². The molecular weight excluding hydrogens is 184 g/mol. The Bertz CT molecular complexity index is 183. The second-order valence-electron chi connectivity index (χ2n) is 3.93. The number of aliphatic hydroxyl groups excluding tert-OH is 2. The van der Waals surface area contributed by atoms with E-state index in [1.807, 2.05) is 13.8 Å². The summed E-state index contributed by atoms with van der Waals surface area (Å²) in [6.07, 6.45) is -0.768. The van der Waals surface area contributed by atoms with Crippen molar-refractivity contribution in [2.75, 3.05) is 26.7 Å². The van der Waals surface area contributed by atoms with E-state index < -0.39 is 11.5 Å². The largest absolute Gasteiger partial charge is 0.394 e. The number of hydrogen-bond acceptors (Lipinski definition) is 4. The minimum atomic E-state index is -0.768. The Labute approximate surface area is 84.5 Å². The summed E-state index contributed by atoms with van der Waals surface area (Å²) in [5, 5.41) is 23.1. The van der Waals surface area contributed by atoms with Gasteiger partial charge in [-0.1, -0.05) is 0 Å². The van der Waals surface area contributed by atoms with Gasteiger partial charge < -0.3 is 20.8 Å². The number of carbonyl (C=O) groups is 1. The summed E-state index contributed by atoms with van der Waals surface area (Å²) in [4.78, 5) is 11.3. The SMILES string of the molecule is CNC(=O)C(C)(C)CNC[C@H](O)CO. The zero-order chi connectivity index (χ0) is 11.2. The molecule has 0 saturated heterocycles. The van der Waals surface area contributed by atoms with Gasteiger partial charge in [0.1, 0.15) is 0 Å². The molecule has 0 unspecified atom stereocenters. The van der Waals surface area contributed by atoms with Gasteiger partial charge in [0.25, 0.3) is 0 Å². The van der Waals surface area contributed by atoms with E-state index in [9.17, 15) is 4.79 Å². The predicted octanol–water partition coefficient (Wildman–Crippen LogP) is -1.30. The Hall–Kier alpha value is -0.650. The van der Waals surface area contributed by atoms with Crippen molar-refractivity contribution >= 4 is 5.91 Å². The molecule has 0 radical (unpaired) electrons. The molecule has 0 heterocycles. The van der Waals surface area contributed by atoms with Crippen LogP contribution < -0.4 is 10.6 Å². The van der Waals surface area contributed by atoms with Crippen LogP contribution in [0.3, 0.4) is 0 Å². The molecule has 5 nitrogen and oxygen atoms in total. The summed E-state index contributed by atoms with van der Waals surface area (Å²) < 4.78 is 0. The van der Waals surface area contributed by atoms with Gasteiger partial charge in [0.05, 0.1) is 18.1 Å². The second-order valence-corrected chi connectivity index (χ2v) is 3.93. The van der Waals surface area contributed by atoms with Crippen LogP contribution in [0, 0.1) is 5.41 Å². The molecule has 0 fully saturated rings. The van der Waals surface area contributed by atoms with Crippen molar-refractivity contribution in [3.8, 4) is 0 Å². The lowest BCUT2D eigenvalue weighted by molar-refractivity contribution is -0.128. The topological polar surface area (TPSA) is 81.6 Å². The van der Waals surface area contributed by atoms with E-state index in [4.69, 9.17) is 10.2 Å².